The molecule has 1 aliphatic carbocycles. The predicted octanol–water partition coefficient (Wildman–Crippen LogP) is 0.993. The SMILES string of the molecule is C[C@H]1OC2(CC3(CC(N)(C(=O)O)C2)O[C@H](C)[C@@H](C)O3)O[C@@H]1C. The van der Waals surface area contributed by atoms with Gasteiger partial charge in [0.1, 0.15) is 5.54 Å². The van der Waals surface area contributed by atoms with E-state index in [1.807, 2.05) is 27.7 Å². The smallest absolute Gasteiger partial charge is 0.324 e. The Hall–Kier alpha value is -0.730. The second kappa shape index (κ2) is 4.88. The monoisotopic (exact) mass is 315 g/mol. The molecule has 3 rings (SSSR count). The highest BCUT2D eigenvalue weighted by atomic mass is 16.8. The number of nitrogens with two attached hydrogens (primary N) is 1. The van der Waals surface area contributed by atoms with Crippen molar-refractivity contribution < 1.29 is 28.8 Å². The summed E-state index contributed by atoms with van der Waals surface area (Å²) >= 11 is 0. The Bertz CT molecular complexity index is 429. The first-order valence-corrected chi connectivity index (χ1v) is 7.82. The molecule has 3 fully saturated rings. The molecule has 0 unspecified atom stereocenters. The van der Waals surface area contributed by atoms with Gasteiger partial charge in [-0.1, -0.05) is 0 Å². The van der Waals surface area contributed by atoms with E-state index in [1.165, 1.54) is 0 Å². The Labute approximate surface area is 130 Å². The molecule has 1 saturated carbocycles. The average molecular weight is 315 g/mol. The first kappa shape index (κ1) is 16.1. The zero-order valence-electron chi connectivity index (χ0n) is 13.5. The van der Waals surface area contributed by atoms with E-state index in [9.17, 15) is 9.90 Å². The van der Waals surface area contributed by atoms with Gasteiger partial charge in [-0.3, -0.25) is 4.79 Å². The fraction of sp³-hybridized carbons (Fsp3) is 0.933. The Morgan fingerprint density at radius 1 is 0.864 bits per heavy atom. The summed E-state index contributed by atoms with van der Waals surface area (Å²) in [6.45, 7) is 7.62. The maximum Gasteiger partial charge on any atom is 0.324 e. The second-order valence-corrected chi connectivity index (χ2v) is 7.10. The summed E-state index contributed by atoms with van der Waals surface area (Å²) in [5.41, 5.74) is 4.67. The quantitative estimate of drug-likeness (QED) is 0.744. The second-order valence-electron chi connectivity index (χ2n) is 7.10. The molecule has 0 aromatic carbocycles. The van der Waals surface area contributed by atoms with Crippen LogP contribution in [0.15, 0.2) is 0 Å². The highest BCUT2D eigenvalue weighted by Crippen LogP contribution is 2.52. The maximum absolute atomic E-state index is 11.7. The lowest BCUT2D eigenvalue weighted by Gasteiger charge is -2.48. The van der Waals surface area contributed by atoms with E-state index >= 15 is 0 Å². The molecular formula is C15H25NO6. The fourth-order valence-corrected chi connectivity index (χ4v) is 3.84. The van der Waals surface area contributed by atoms with Gasteiger partial charge in [0.05, 0.1) is 30.8 Å². The number of ether oxygens (including phenoxy) is 4. The van der Waals surface area contributed by atoms with Crippen LogP contribution in [0, 0.1) is 0 Å². The molecule has 3 aliphatic rings. The zero-order chi connectivity index (χ0) is 16.3. The third kappa shape index (κ3) is 2.45. The Kier molecular flexibility index (Phi) is 3.58. The molecule has 22 heavy (non-hydrogen) atoms. The van der Waals surface area contributed by atoms with Gasteiger partial charge in [-0.05, 0) is 27.7 Å². The molecule has 3 N–H and O–H groups in total. The van der Waals surface area contributed by atoms with E-state index in [2.05, 4.69) is 0 Å². The summed E-state index contributed by atoms with van der Waals surface area (Å²) in [5, 5.41) is 9.60. The summed E-state index contributed by atoms with van der Waals surface area (Å²) < 4.78 is 23.9. The number of rotatable bonds is 1. The number of carbonyl (C=O) groups is 1. The van der Waals surface area contributed by atoms with E-state index < -0.39 is 23.1 Å². The summed E-state index contributed by atoms with van der Waals surface area (Å²) in [6, 6.07) is 0. The molecule has 0 aromatic heterocycles. The van der Waals surface area contributed by atoms with E-state index in [0.29, 0.717) is 6.42 Å². The molecule has 7 nitrogen and oxygen atoms in total. The topological polar surface area (TPSA) is 100 Å². The van der Waals surface area contributed by atoms with E-state index in [-0.39, 0.29) is 37.3 Å². The van der Waals surface area contributed by atoms with Crippen molar-refractivity contribution in [1.82, 2.24) is 0 Å². The van der Waals surface area contributed by atoms with Crippen molar-refractivity contribution in [2.75, 3.05) is 0 Å². The first-order chi connectivity index (χ1) is 10.1. The molecule has 4 atom stereocenters. The van der Waals surface area contributed by atoms with Crippen LogP contribution >= 0.6 is 0 Å². The minimum Gasteiger partial charge on any atom is -0.480 e. The van der Waals surface area contributed by atoms with Gasteiger partial charge in [0, 0.05) is 12.8 Å². The van der Waals surface area contributed by atoms with Gasteiger partial charge in [-0.25, -0.2) is 0 Å². The molecule has 0 aromatic rings. The molecule has 2 spiro atoms. The molecule has 2 saturated heterocycles. The van der Waals surface area contributed by atoms with Crippen molar-refractivity contribution in [3.8, 4) is 0 Å². The maximum atomic E-state index is 11.7. The molecular weight excluding hydrogens is 290 g/mol. The van der Waals surface area contributed by atoms with Gasteiger partial charge in [0.2, 0.25) is 0 Å². The highest BCUT2D eigenvalue weighted by molar-refractivity contribution is 5.79. The van der Waals surface area contributed by atoms with Crippen LogP contribution in [0.5, 0.6) is 0 Å². The van der Waals surface area contributed by atoms with Crippen LogP contribution in [0.3, 0.4) is 0 Å². The van der Waals surface area contributed by atoms with Gasteiger partial charge >= 0.3 is 5.97 Å². The lowest BCUT2D eigenvalue weighted by Crippen LogP contribution is -2.64. The van der Waals surface area contributed by atoms with Gasteiger partial charge in [-0.2, -0.15) is 0 Å². The van der Waals surface area contributed by atoms with Crippen molar-refractivity contribution >= 4 is 5.97 Å². The fourth-order valence-electron chi connectivity index (χ4n) is 3.84. The largest absolute Gasteiger partial charge is 0.480 e. The number of hydrogen-bond acceptors (Lipinski definition) is 6. The van der Waals surface area contributed by atoms with Gasteiger partial charge in [0.15, 0.2) is 11.6 Å². The predicted molar refractivity (Wildman–Crippen MR) is 76.1 cm³/mol. The molecule has 0 bridgehead atoms. The van der Waals surface area contributed by atoms with Gasteiger partial charge in [-0.15, -0.1) is 0 Å². The normalized spacial score (nSPS) is 46.4. The molecule has 0 amide bonds. The van der Waals surface area contributed by atoms with Crippen LogP contribution in [-0.2, 0) is 23.7 Å². The van der Waals surface area contributed by atoms with Crippen molar-refractivity contribution in [2.45, 2.75) is 88.5 Å². The van der Waals surface area contributed by atoms with Crippen molar-refractivity contribution in [2.24, 2.45) is 5.73 Å². The number of aliphatic carboxylic acids is 1. The van der Waals surface area contributed by atoms with Crippen molar-refractivity contribution in [1.29, 1.82) is 0 Å². The zero-order valence-corrected chi connectivity index (χ0v) is 13.5. The summed E-state index contributed by atoms with van der Waals surface area (Å²) in [4.78, 5) is 11.7. The van der Waals surface area contributed by atoms with Crippen LogP contribution in [0.25, 0.3) is 0 Å². The Morgan fingerprint density at radius 2 is 1.18 bits per heavy atom. The molecule has 7 heteroatoms. The first-order valence-electron chi connectivity index (χ1n) is 7.82. The van der Waals surface area contributed by atoms with Crippen molar-refractivity contribution in [3.05, 3.63) is 0 Å². The lowest BCUT2D eigenvalue weighted by atomic mass is 9.75. The Balaban J connectivity index is 1.95. The number of carboxylic acid groups (broad SMARTS) is 1. The summed E-state index contributed by atoms with van der Waals surface area (Å²) in [7, 11) is 0. The summed E-state index contributed by atoms with van der Waals surface area (Å²) in [5.74, 6) is -3.24. The highest BCUT2D eigenvalue weighted by Gasteiger charge is 2.64. The molecule has 0 radical (unpaired) electrons. The Morgan fingerprint density at radius 3 is 1.45 bits per heavy atom. The van der Waals surface area contributed by atoms with E-state index in [4.69, 9.17) is 24.7 Å². The van der Waals surface area contributed by atoms with E-state index in [1.54, 1.807) is 0 Å². The minimum absolute atomic E-state index is 0.0846. The van der Waals surface area contributed by atoms with Crippen LogP contribution in [0.2, 0.25) is 0 Å². The van der Waals surface area contributed by atoms with Crippen molar-refractivity contribution in [3.63, 3.8) is 0 Å². The number of hydrogen-bond donors (Lipinski definition) is 2. The van der Waals surface area contributed by atoms with Gasteiger partial charge in [0.25, 0.3) is 0 Å². The van der Waals surface area contributed by atoms with E-state index in [0.717, 1.165) is 0 Å². The standard InChI is InChI=1S/C15H25NO6/c1-8-9(2)20-14(19-8)5-13(16,12(17)18)6-15(7-14)21-10(3)11(4)22-15/h8-11H,5-7,16H2,1-4H3,(H,17,18)/t8-,9-,10-,11-/m1/s1. The average Bonchev–Trinajstić information content (AvgIpc) is 2.75. The summed E-state index contributed by atoms with van der Waals surface area (Å²) in [6.07, 6.45) is -0.0410. The third-order valence-corrected chi connectivity index (χ3v) is 5.06. The minimum atomic E-state index is -1.51. The molecule has 2 aliphatic heterocycles. The number of carboxylic acids is 1. The van der Waals surface area contributed by atoms with Crippen LogP contribution < -0.4 is 5.73 Å². The van der Waals surface area contributed by atoms with Gasteiger partial charge < -0.3 is 29.8 Å². The van der Waals surface area contributed by atoms with Crippen LogP contribution in [0.1, 0.15) is 47.0 Å². The molecule has 2 heterocycles. The third-order valence-electron chi connectivity index (χ3n) is 5.06. The lowest BCUT2D eigenvalue weighted by molar-refractivity contribution is -0.298. The van der Waals surface area contributed by atoms with Crippen LogP contribution in [0.4, 0.5) is 0 Å². The van der Waals surface area contributed by atoms with Crippen LogP contribution in [-0.4, -0.2) is 52.6 Å². The molecule has 126 valence electrons.